The fraction of sp³-hybridized carbons (Fsp3) is 0.385. The van der Waals surface area contributed by atoms with E-state index >= 15 is 0 Å². The number of aromatic nitrogens is 1. The van der Waals surface area contributed by atoms with Gasteiger partial charge in [0, 0.05) is 38.1 Å². The monoisotopic (exact) mass is 433 g/mol. The average molecular weight is 434 g/mol. The van der Waals surface area contributed by atoms with E-state index in [1.165, 1.54) is 0 Å². The van der Waals surface area contributed by atoms with Crippen LogP contribution in [0.4, 0.5) is 10.5 Å². The zero-order chi connectivity index (χ0) is 22.9. The van der Waals surface area contributed by atoms with E-state index < -0.39 is 5.60 Å². The van der Waals surface area contributed by atoms with Gasteiger partial charge in [0.05, 0.1) is 0 Å². The van der Waals surface area contributed by atoms with Crippen LogP contribution < -0.4 is 4.90 Å². The number of hydrogen-bond acceptors (Lipinski definition) is 3. The molecule has 1 aliphatic heterocycles. The molecule has 6 heteroatoms. The number of benzene rings is 2. The van der Waals surface area contributed by atoms with E-state index in [4.69, 9.17) is 4.74 Å². The van der Waals surface area contributed by atoms with Crippen LogP contribution in [0.15, 0.2) is 60.8 Å². The van der Waals surface area contributed by atoms with Crippen LogP contribution in [0, 0.1) is 0 Å². The van der Waals surface area contributed by atoms with E-state index in [2.05, 4.69) is 16.7 Å². The Morgan fingerprint density at radius 2 is 1.66 bits per heavy atom. The van der Waals surface area contributed by atoms with Gasteiger partial charge in [-0.3, -0.25) is 4.79 Å². The lowest BCUT2D eigenvalue weighted by Gasteiger charge is -2.34. The fourth-order valence-electron chi connectivity index (χ4n) is 4.22. The van der Waals surface area contributed by atoms with E-state index in [-0.39, 0.29) is 18.0 Å². The lowest BCUT2D eigenvalue weighted by atomic mass is 10.0. The van der Waals surface area contributed by atoms with Crippen LogP contribution in [0.3, 0.4) is 0 Å². The SMILES string of the molecule is CN(C(=O)c1cccn1C1CCN(C(=O)OC(C)(C)C)CC1)c1ccc2ccccc2c1. The first-order chi connectivity index (χ1) is 15.2. The van der Waals surface area contributed by atoms with Crippen LogP contribution in [0.2, 0.25) is 0 Å². The molecule has 1 aromatic heterocycles. The molecule has 3 aromatic rings. The van der Waals surface area contributed by atoms with E-state index in [0.717, 1.165) is 29.3 Å². The molecule has 4 rings (SSSR count). The Bertz CT molecular complexity index is 1120. The molecule has 0 spiro atoms. The molecule has 1 aliphatic rings. The highest BCUT2D eigenvalue weighted by molar-refractivity contribution is 6.05. The van der Waals surface area contributed by atoms with Gasteiger partial charge in [0.25, 0.3) is 5.91 Å². The Morgan fingerprint density at radius 1 is 0.969 bits per heavy atom. The number of fused-ring (bicyclic) bond motifs is 1. The van der Waals surface area contributed by atoms with Crippen molar-refractivity contribution >= 4 is 28.5 Å². The molecule has 0 radical (unpaired) electrons. The minimum absolute atomic E-state index is 0.0418. The Kier molecular flexibility index (Phi) is 5.96. The number of ether oxygens (including phenoxy) is 1. The molecule has 2 aromatic carbocycles. The zero-order valence-electron chi connectivity index (χ0n) is 19.2. The summed E-state index contributed by atoms with van der Waals surface area (Å²) in [6, 6.07) is 18.2. The van der Waals surface area contributed by atoms with Gasteiger partial charge in [0.2, 0.25) is 0 Å². The normalized spacial score (nSPS) is 15.1. The molecule has 0 bridgehead atoms. The van der Waals surface area contributed by atoms with Crippen molar-refractivity contribution in [3.8, 4) is 0 Å². The third-order valence-corrected chi connectivity index (χ3v) is 5.93. The third kappa shape index (κ3) is 4.64. The number of hydrogen-bond donors (Lipinski definition) is 0. The maximum atomic E-state index is 13.4. The van der Waals surface area contributed by atoms with Crippen LogP contribution in [-0.2, 0) is 4.74 Å². The number of likely N-dealkylation sites (tertiary alicyclic amines) is 1. The van der Waals surface area contributed by atoms with Gasteiger partial charge in [-0.1, -0.05) is 30.3 Å². The maximum absolute atomic E-state index is 13.4. The highest BCUT2D eigenvalue weighted by Gasteiger charge is 2.29. The summed E-state index contributed by atoms with van der Waals surface area (Å²) in [4.78, 5) is 29.2. The molecule has 1 fully saturated rings. The summed E-state index contributed by atoms with van der Waals surface area (Å²) in [7, 11) is 1.81. The van der Waals surface area contributed by atoms with Crippen molar-refractivity contribution < 1.29 is 14.3 Å². The number of nitrogens with zero attached hydrogens (tertiary/aromatic N) is 3. The average Bonchev–Trinajstić information content (AvgIpc) is 3.26. The fourth-order valence-corrected chi connectivity index (χ4v) is 4.22. The maximum Gasteiger partial charge on any atom is 0.410 e. The molecule has 0 saturated carbocycles. The standard InChI is InChI=1S/C26H31N3O3/c1-26(2,3)32-25(31)28-16-13-21(14-17-28)29-15-7-10-23(29)24(30)27(4)22-12-11-19-8-5-6-9-20(19)18-22/h5-12,15,18,21H,13-14,16-17H2,1-4H3. The molecular weight excluding hydrogens is 402 g/mol. The zero-order valence-corrected chi connectivity index (χ0v) is 19.2. The first-order valence-electron chi connectivity index (χ1n) is 11.1. The van der Waals surface area contributed by atoms with Gasteiger partial charge in [-0.25, -0.2) is 4.79 Å². The predicted octanol–water partition coefficient (Wildman–Crippen LogP) is 5.49. The second-order valence-electron chi connectivity index (χ2n) is 9.39. The summed E-state index contributed by atoms with van der Waals surface area (Å²) >= 11 is 0. The van der Waals surface area contributed by atoms with E-state index in [0.29, 0.717) is 18.8 Å². The summed E-state index contributed by atoms with van der Waals surface area (Å²) in [5, 5.41) is 2.26. The highest BCUT2D eigenvalue weighted by atomic mass is 16.6. The molecule has 6 nitrogen and oxygen atoms in total. The molecule has 32 heavy (non-hydrogen) atoms. The number of rotatable bonds is 3. The lowest BCUT2D eigenvalue weighted by molar-refractivity contribution is 0.0187. The first-order valence-corrected chi connectivity index (χ1v) is 11.1. The van der Waals surface area contributed by atoms with Crippen LogP contribution in [0.1, 0.15) is 50.1 Å². The number of carbonyl (C=O) groups excluding carboxylic acids is 2. The summed E-state index contributed by atoms with van der Waals surface area (Å²) in [5.74, 6) is -0.0418. The van der Waals surface area contributed by atoms with E-state index in [1.807, 2.05) is 76.5 Å². The van der Waals surface area contributed by atoms with Crippen molar-refractivity contribution in [2.75, 3.05) is 25.0 Å². The summed E-state index contributed by atoms with van der Waals surface area (Å²) in [6.45, 7) is 6.86. The van der Waals surface area contributed by atoms with Gasteiger partial charge in [0.1, 0.15) is 11.3 Å². The van der Waals surface area contributed by atoms with Crippen molar-refractivity contribution in [2.24, 2.45) is 0 Å². The molecule has 0 N–H and O–H groups in total. The van der Waals surface area contributed by atoms with Crippen molar-refractivity contribution in [3.63, 3.8) is 0 Å². The van der Waals surface area contributed by atoms with Crippen LogP contribution >= 0.6 is 0 Å². The summed E-state index contributed by atoms with van der Waals surface area (Å²) in [6.07, 6.45) is 3.27. The number of amides is 2. The van der Waals surface area contributed by atoms with Gasteiger partial charge < -0.3 is 19.1 Å². The second kappa shape index (κ2) is 8.69. The van der Waals surface area contributed by atoms with Crippen molar-refractivity contribution in [1.82, 2.24) is 9.47 Å². The lowest BCUT2D eigenvalue weighted by Crippen LogP contribution is -2.42. The molecule has 2 amide bonds. The smallest absolute Gasteiger partial charge is 0.410 e. The van der Waals surface area contributed by atoms with Gasteiger partial charge in [-0.15, -0.1) is 0 Å². The first kappa shape index (κ1) is 21.9. The van der Waals surface area contributed by atoms with Crippen LogP contribution in [0.25, 0.3) is 10.8 Å². The molecule has 0 unspecified atom stereocenters. The molecular formula is C26H31N3O3. The molecule has 1 saturated heterocycles. The minimum Gasteiger partial charge on any atom is -0.444 e. The number of piperidine rings is 1. The summed E-state index contributed by atoms with van der Waals surface area (Å²) < 4.78 is 7.56. The molecule has 2 heterocycles. The van der Waals surface area contributed by atoms with Gasteiger partial charge in [-0.2, -0.15) is 0 Å². The topological polar surface area (TPSA) is 54.8 Å². The van der Waals surface area contributed by atoms with Crippen molar-refractivity contribution in [1.29, 1.82) is 0 Å². The van der Waals surface area contributed by atoms with Crippen LogP contribution in [-0.4, -0.2) is 47.2 Å². The van der Waals surface area contributed by atoms with Gasteiger partial charge in [0.15, 0.2) is 0 Å². The quantitative estimate of drug-likeness (QED) is 0.549. The predicted molar refractivity (Wildman–Crippen MR) is 127 cm³/mol. The Labute approximate surface area is 189 Å². The van der Waals surface area contributed by atoms with Gasteiger partial charge >= 0.3 is 6.09 Å². The highest BCUT2D eigenvalue weighted by Crippen LogP contribution is 2.28. The molecule has 168 valence electrons. The Balaban J connectivity index is 1.46. The Morgan fingerprint density at radius 3 is 2.34 bits per heavy atom. The third-order valence-electron chi connectivity index (χ3n) is 5.93. The van der Waals surface area contributed by atoms with E-state index in [9.17, 15) is 9.59 Å². The summed E-state index contributed by atoms with van der Waals surface area (Å²) in [5.41, 5.74) is 1.03. The number of carbonyl (C=O) groups is 2. The molecule has 0 aliphatic carbocycles. The van der Waals surface area contributed by atoms with Crippen molar-refractivity contribution in [3.05, 3.63) is 66.5 Å². The van der Waals surface area contributed by atoms with Crippen LogP contribution in [0.5, 0.6) is 0 Å². The van der Waals surface area contributed by atoms with Gasteiger partial charge in [-0.05, 0) is 68.7 Å². The minimum atomic E-state index is -0.499. The largest absolute Gasteiger partial charge is 0.444 e. The van der Waals surface area contributed by atoms with Crippen molar-refractivity contribution in [2.45, 2.75) is 45.3 Å². The molecule has 0 atom stereocenters. The van der Waals surface area contributed by atoms with E-state index in [1.54, 1.807) is 9.80 Å². The second-order valence-corrected chi connectivity index (χ2v) is 9.39. The Hall–Kier alpha value is -3.28. The number of anilines is 1.